The fourth-order valence-corrected chi connectivity index (χ4v) is 3.93. The zero-order valence-corrected chi connectivity index (χ0v) is 18.2. The summed E-state index contributed by atoms with van der Waals surface area (Å²) in [4.78, 5) is 19.6. The van der Waals surface area contributed by atoms with E-state index in [0.717, 1.165) is 47.3 Å². The van der Waals surface area contributed by atoms with E-state index in [9.17, 15) is 4.79 Å². The van der Waals surface area contributed by atoms with Crippen molar-refractivity contribution in [2.45, 2.75) is 20.4 Å². The van der Waals surface area contributed by atoms with E-state index in [4.69, 9.17) is 9.47 Å². The molecule has 3 heterocycles. The van der Waals surface area contributed by atoms with Crippen LogP contribution in [0.3, 0.4) is 0 Å². The highest BCUT2D eigenvalue weighted by molar-refractivity contribution is 5.95. The smallest absolute Gasteiger partial charge is 0.253 e. The molecule has 1 fully saturated rings. The van der Waals surface area contributed by atoms with Crippen LogP contribution in [0.1, 0.15) is 27.3 Å². The van der Waals surface area contributed by atoms with Crippen LogP contribution in [0.2, 0.25) is 0 Å². The molecule has 0 radical (unpaired) electrons. The summed E-state index contributed by atoms with van der Waals surface area (Å²) < 4.78 is 12.7. The lowest BCUT2D eigenvalue weighted by Gasteiger charge is -2.28. The summed E-state index contributed by atoms with van der Waals surface area (Å²) in [6.07, 6.45) is 1.79. The van der Waals surface area contributed by atoms with E-state index < -0.39 is 0 Å². The molecule has 4 rings (SSSR count). The molecule has 2 aromatic heterocycles. The molecule has 31 heavy (non-hydrogen) atoms. The van der Waals surface area contributed by atoms with Gasteiger partial charge in [0.1, 0.15) is 11.6 Å². The third kappa shape index (κ3) is 4.56. The summed E-state index contributed by atoms with van der Waals surface area (Å²) >= 11 is 0. The Balaban J connectivity index is 1.47. The maximum absolute atomic E-state index is 12.9. The topological polar surface area (TPSA) is 68.6 Å². The molecular formula is C24H28N4O3. The summed E-state index contributed by atoms with van der Waals surface area (Å²) in [5.41, 5.74) is 4.61. The van der Waals surface area contributed by atoms with Crippen LogP contribution in [0.4, 0.5) is 5.82 Å². The number of rotatable bonds is 6. The van der Waals surface area contributed by atoms with Gasteiger partial charge in [-0.15, -0.1) is 0 Å². The lowest BCUT2D eigenvalue weighted by Crippen LogP contribution is -2.36. The van der Waals surface area contributed by atoms with Gasteiger partial charge in [0.25, 0.3) is 5.91 Å². The number of pyridine rings is 1. The lowest BCUT2D eigenvalue weighted by atomic mass is 10.2. The van der Waals surface area contributed by atoms with Crippen molar-refractivity contribution in [3.63, 3.8) is 0 Å². The Bertz CT molecular complexity index is 1050. The van der Waals surface area contributed by atoms with Gasteiger partial charge in [0.15, 0.2) is 0 Å². The van der Waals surface area contributed by atoms with Crippen molar-refractivity contribution in [1.29, 1.82) is 0 Å². The van der Waals surface area contributed by atoms with E-state index in [-0.39, 0.29) is 5.91 Å². The highest BCUT2D eigenvalue weighted by Crippen LogP contribution is 2.23. The minimum Gasteiger partial charge on any atom is -0.497 e. The second-order valence-corrected chi connectivity index (χ2v) is 7.62. The monoisotopic (exact) mass is 420 g/mol. The number of carbonyl (C=O) groups excluding carboxylic acids is 1. The number of aromatic nitrogens is 2. The molecule has 1 N–H and O–H groups in total. The molecule has 0 aliphatic carbocycles. The number of amides is 1. The number of aryl methyl sites for hydroxylation is 1. The molecule has 3 aromatic rings. The number of carbonyl (C=O) groups is 1. The first kappa shape index (κ1) is 20.9. The van der Waals surface area contributed by atoms with Gasteiger partial charge in [-0.05, 0) is 61.9 Å². The molecule has 0 saturated carbocycles. The molecule has 1 amide bonds. The first-order chi connectivity index (χ1) is 15.1. The van der Waals surface area contributed by atoms with Gasteiger partial charge in [0, 0.05) is 42.9 Å². The zero-order valence-electron chi connectivity index (χ0n) is 18.2. The minimum absolute atomic E-state index is 0.0856. The third-order valence-corrected chi connectivity index (χ3v) is 5.60. The molecular weight excluding hydrogens is 392 g/mol. The number of ether oxygens (including phenoxy) is 2. The van der Waals surface area contributed by atoms with E-state index in [1.54, 1.807) is 13.3 Å². The highest BCUT2D eigenvalue weighted by atomic mass is 16.5. The van der Waals surface area contributed by atoms with Crippen LogP contribution in [0.5, 0.6) is 5.75 Å². The normalized spacial score (nSPS) is 13.8. The highest BCUT2D eigenvalue weighted by Gasteiger charge is 2.17. The average molecular weight is 421 g/mol. The number of hydrogen-bond donors (Lipinski definition) is 1. The predicted molar refractivity (Wildman–Crippen MR) is 120 cm³/mol. The van der Waals surface area contributed by atoms with E-state index in [2.05, 4.69) is 19.8 Å². The number of nitrogens with zero attached hydrogens (tertiary/aromatic N) is 3. The van der Waals surface area contributed by atoms with Gasteiger partial charge < -0.3 is 24.3 Å². The van der Waals surface area contributed by atoms with Crippen molar-refractivity contribution >= 4 is 11.7 Å². The Morgan fingerprint density at radius 1 is 1.13 bits per heavy atom. The lowest BCUT2D eigenvalue weighted by molar-refractivity contribution is 0.0950. The Hall–Kier alpha value is -3.32. The van der Waals surface area contributed by atoms with Crippen molar-refractivity contribution in [2.75, 3.05) is 38.3 Å². The van der Waals surface area contributed by atoms with Gasteiger partial charge in [-0.3, -0.25) is 4.79 Å². The van der Waals surface area contributed by atoms with Crippen molar-refractivity contribution in [3.8, 4) is 11.4 Å². The number of anilines is 1. The van der Waals surface area contributed by atoms with Crippen molar-refractivity contribution in [1.82, 2.24) is 14.9 Å². The number of nitrogens with one attached hydrogen (secondary N) is 1. The second kappa shape index (κ2) is 9.22. The molecule has 1 aliphatic heterocycles. The fourth-order valence-electron chi connectivity index (χ4n) is 3.93. The van der Waals surface area contributed by atoms with Crippen molar-refractivity contribution < 1.29 is 14.3 Å². The van der Waals surface area contributed by atoms with E-state index in [1.807, 2.05) is 56.3 Å². The van der Waals surface area contributed by atoms with Crippen molar-refractivity contribution in [2.24, 2.45) is 0 Å². The van der Waals surface area contributed by atoms with Crippen LogP contribution < -0.4 is 15.0 Å². The maximum atomic E-state index is 12.9. The van der Waals surface area contributed by atoms with Gasteiger partial charge in [-0.25, -0.2) is 4.98 Å². The minimum atomic E-state index is -0.0856. The standard InChI is InChI=1S/C24H28N4O3/c1-17-14-22(18(2)28(17)20-4-6-21(30-3)7-5-20)24(29)26-16-19-8-9-25-23(15-19)27-10-12-31-13-11-27/h4-9,14-15H,10-13,16H2,1-3H3,(H,26,29). The average Bonchev–Trinajstić information content (AvgIpc) is 3.12. The molecule has 0 atom stereocenters. The SMILES string of the molecule is COc1ccc(-n2c(C)cc(C(=O)NCc3ccnc(N4CCOCC4)c3)c2C)cc1. The number of hydrogen-bond acceptors (Lipinski definition) is 5. The predicted octanol–water partition coefficient (Wildman–Crippen LogP) is 3.26. The van der Waals surface area contributed by atoms with Gasteiger partial charge in [0.05, 0.1) is 25.9 Å². The third-order valence-electron chi connectivity index (χ3n) is 5.60. The van der Waals surface area contributed by atoms with E-state index >= 15 is 0 Å². The zero-order chi connectivity index (χ0) is 21.8. The molecule has 7 heteroatoms. The molecule has 0 bridgehead atoms. The summed E-state index contributed by atoms with van der Waals surface area (Å²) in [7, 11) is 1.65. The summed E-state index contributed by atoms with van der Waals surface area (Å²) in [5.74, 6) is 1.64. The maximum Gasteiger partial charge on any atom is 0.253 e. The quantitative estimate of drug-likeness (QED) is 0.663. The van der Waals surface area contributed by atoms with Crippen LogP contribution >= 0.6 is 0 Å². The Morgan fingerprint density at radius 3 is 2.58 bits per heavy atom. The Labute approximate surface area is 182 Å². The molecule has 7 nitrogen and oxygen atoms in total. The first-order valence-corrected chi connectivity index (χ1v) is 10.5. The van der Waals surface area contributed by atoms with Crippen LogP contribution in [0, 0.1) is 13.8 Å². The number of benzene rings is 1. The van der Waals surface area contributed by atoms with Crippen LogP contribution in [0.15, 0.2) is 48.7 Å². The number of methoxy groups -OCH3 is 1. The van der Waals surface area contributed by atoms with Crippen LogP contribution in [0.25, 0.3) is 5.69 Å². The largest absolute Gasteiger partial charge is 0.497 e. The Morgan fingerprint density at radius 2 is 1.87 bits per heavy atom. The summed E-state index contributed by atoms with van der Waals surface area (Å²) in [5, 5.41) is 3.05. The summed E-state index contributed by atoms with van der Waals surface area (Å²) in [6.45, 7) is 7.52. The van der Waals surface area contributed by atoms with Gasteiger partial charge in [0.2, 0.25) is 0 Å². The molecule has 0 unspecified atom stereocenters. The number of morpholine rings is 1. The molecule has 162 valence electrons. The molecule has 1 saturated heterocycles. The van der Waals surface area contributed by atoms with Crippen LogP contribution in [-0.4, -0.2) is 48.9 Å². The first-order valence-electron chi connectivity index (χ1n) is 10.5. The summed E-state index contributed by atoms with van der Waals surface area (Å²) in [6, 6.07) is 13.7. The van der Waals surface area contributed by atoms with Gasteiger partial charge >= 0.3 is 0 Å². The Kier molecular flexibility index (Phi) is 6.23. The fraction of sp³-hybridized carbons (Fsp3) is 0.333. The molecule has 0 spiro atoms. The van der Waals surface area contributed by atoms with E-state index in [0.29, 0.717) is 25.3 Å². The van der Waals surface area contributed by atoms with E-state index in [1.165, 1.54) is 0 Å². The van der Waals surface area contributed by atoms with Gasteiger partial charge in [-0.1, -0.05) is 0 Å². The molecule has 1 aromatic carbocycles. The van der Waals surface area contributed by atoms with Crippen LogP contribution in [-0.2, 0) is 11.3 Å². The van der Waals surface area contributed by atoms with Gasteiger partial charge in [-0.2, -0.15) is 0 Å². The molecule has 1 aliphatic rings. The van der Waals surface area contributed by atoms with Crippen molar-refractivity contribution in [3.05, 3.63) is 71.2 Å². The second-order valence-electron chi connectivity index (χ2n) is 7.62.